The Labute approximate surface area is 645 Å². The first-order valence-electron chi connectivity index (χ1n) is 34.2. The van der Waals surface area contributed by atoms with Gasteiger partial charge < -0.3 is 133 Å². The van der Waals surface area contributed by atoms with Crippen LogP contribution in [0, 0.1) is 20.8 Å². The summed E-state index contributed by atoms with van der Waals surface area (Å²) in [6, 6.07) is 0. The Morgan fingerprint density at radius 2 is 0.596 bits per heavy atom. The van der Waals surface area contributed by atoms with Crippen LogP contribution in [0.5, 0.6) is 0 Å². The van der Waals surface area contributed by atoms with E-state index in [4.69, 9.17) is 4.74 Å². The molecule has 0 aliphatic carbocycles. The molecule has 0 aromatic carbocycles. The predicted octanol–water partition coefficient (Wildman–Crippen LogP) is 0.471. The van der Waals surface area contributed by atoms with E-state index in [0.717, 1.165) is 228 Å². The number of nitrogens with one attached hydrogen (secondary N) is 12. The molecule has 0 unspecified atom stereocenters. The van der Waals surface area contributed by atoms with Crippen LogP contribution in [-0.4, -0.2) is 418 Å². The van der Waals surface area contributed by atoms with Gasteiger partial charge in [0.2, 0.25) is 0 Å². The molecule has 12 N–H and O–H groups in total. The fourth-order valence-electron chi connectivity index (χ4n) is 6.97. The molecule has 0 aromatic rings. The molecule has 1 aliphatic rings. The molecule has 584 valence electrons. The average molecular weight is 2040 g/mol. The van der Waals surface area contributed by atoms with Crippen molar-refractivity contribution in [1.29, 1.82) is 0 Å². The van der Waals surface area contributed by atoms with Crippen molar-refractivity contribution in [3.8, 4) is 0 Å². The zero-order valence-electron chi connectivity index (χ0n) is 65.6. The third-order valence-corrected chi connectivity index (χ3v) is 13.3. The summed E-state index contributed by atoms with van der Waals surface area (Å²) in [7, 11) is 33.8. The van der Waals surface area contributed by atoms with Gasteiger partial charge in [0.05, 0.1) is 13.3 Å². The second-order valence-electron chi connectivity index (χ2n) is 22.3. The smallest absolute Gasteiger partial charge is 0.0995 e. The van der Waals surface area contributed by atoms with Crippen LogP contribution < -0.4 is 63.8 Å². The van der Waals surface area contributed by atoms with Crippen LogP contribution >= 0.6 is 0 Å². The predicted molar refractivity (Wildman–Crippen MR) is 409 cm³/mol. The molecule has 4 radical (unpaired) electrons. The molecule has 0 aromatic heterocycles. The van der Waals surface area contributed by atoms with Gasteiger partial charge in [-0.05, 0) is 159 Å². The Hall–Kier alpha value is 1.47. The summed E-state index contributed by atoms with van der Waals surface area (Å²) in [5, 5.41) is 36.9. The first-order valence-corrected chi connectivity index (χ1v) is 34.2. The number of rotatable bonds is 51. The van der Waals surface area contributed by atoms with E-state index < -0.39 is 0 Å². The number of ether oxygens (including phenoxy) is 1. The molecule has 23 nitrogen and oxygen atoms in total. The maximum absolute atomic E-state index is 5.77. The normalized spacial score (nSPS) is 10.8. The van der Waals surface area contributed by atoms with Gasteiger partial charge in [-0.3, -0.25) is 4.90 Å². The van der Waals surface area contributed by atoms with Crippen LogP contribution in [0.4, 0.5) is 0 Å². The zero-order chi connectivity index (χ0) is 69.4. The molecule has 27 heteroatoms. The van der Waals surface area contributed by atoms with Crippen LogP contribution in [0.1, 0.15) is 49.0 Å². The van der Waals surface area contributed by atoms with Crippen molar-refractivity contribution in [3.05, 3.63) is 32.9 Å². The van der Waals surface area contributed by atoms with E-state index in [2.05, 4.69) is 210 Å². The minimum absolute atomic E-state index is 0. The summed E-state index contributed by atoms with van der Waals surface area (Å²) >= 11 is 0. The summed E-state index contributed by atoms with van der Waals surface area (Å²) in [4.78, 5) is 23.6. The molecule has 0 bridgehead atoms. The third kappa shape index (κ3) is 127. The molecule has 1 aliphatic heterocycles. The summed E-state index contributed by atoms with van der Waals surface area (Å²) in [6.07, 6.45) is 0. The number of hydrogen-bond donors (Lipinski definition) is 12. The summed E-state index contributed by atoms with van der Waals surface area (Å²) in [5.41, 5.74) is 1.07. The van der Waals surface area contributed by atoms with Crippen molar-refractivity contribution in [2.75, 3.05) is 369 Å². The average Bonchev–Trinajstić information content (AvgIpc) is 2.27. The molecule has 0 saturated carbocycles. The fraction of sp³-hybridized carbons (Fsp3) is 0.925. The first kappa shape index (κ1) is 125. The molecular formula is C67H169N22ORe4-3. The van der Waals surface area contributed by atoms with Gasteiger partial charge in [-0.1, -0.05) is 54.2 Å². The molecule has 1 rings (SSSR count). The van der Waals surface area contributed by atoms with Crippen molar-refractivity contribution in [3.63, 3.8) is 0 Å². The van der Waals surface area contributed by atoms with Gasteiger partial charge in [0.1, 0.15) is 0 Å². The molecule has 94 heavy (non-hydrogen) atoms. The van der Waals surface area contributed by atoms with E-state index in [1.54, 1.807) is 0 Å². The molecule has 1 heterocycles. The van der Waals surface area contributed by atoms with E-state index in [9.17, 15) is 0 Å². The van der Waals surface area contributed by atoms with Crippen molar-refractivity contribution in [1.82, 2.24) is 113 Å². The Balaban J connectivity index is -0.0000000770. The van der Waals surface area contributed by atoms with E-state index >= 15 is 0 Å². The number of nitrogens with zero attached hydrogens (tertiary/aromatic N) is 10. The van der Waals surface area contributed by atoms with Crippen molar-refractivity contribution < 1.29 is 86.4 Å². The SMILES string of the molecule is C.C1CN1.C=C(C)COCN(CCN(C[CH2-])CC)CCN(CC)CCNC.CNC.CNC.CNCCN(C)C.CNCCN(C)C.CNCCNC.[CH2-]CN(CC)CCN(C)CCN(CC)CCNC.[CH2-]CN(CCNC)CCNCCN(CC)CCNC.[Re].[Re].[Re].[Re]. The molecule has 0 spiro atoms. The van der Waals surface area contributed by atoms with Crippen molar-refractivity contribution in [2.45, 2.75) is 49.0 Å². The standard InChI is InChI=1S/C18H39N4O.C14H34N5.C14H33N4.2C5H14N2.C4H12N2.C2H5N.2C2H7N.CH4.4Re/c1-7-20(8-2)12-14-22(17-23-16-18(4)5)15-13-21(9-3)11-10-19-6;1-5-18(11-7-15-3)13-9-17-10-14-19(6-2)12-8-16-4;1-6-17(7-2)13-11-16(5)12-14-18(8-3)10-9-15-4;2*1-6-4-5-7(2)3;1-5-3-4-6-2;1-2-3-1;2*1-3-2;;;;;/h19H,1,4,7-17H2,2-3,5-6H3;15-17H,1,5-14H2,2-4H3;15H,1,6-14H2,2-5H3;2*6H,4-5H2,1-3H3;5-6H,3-4H2,1-2H3;3H,1-2H2;2*3H,1-2H3;1H4;;;;/q3*-1;;;;;;;;;;;. The summed E-state index contributed by atoms with van der Waals surface area (Å²) < 4.78 is 5.77. The van der Waals surface area contributed by atoms with Crippen LogP contribution in [0.25, 0.3) is 0 Å². The third-order valence-electron chi connectivity index (χ3n) is 13.3. The van der Waals surface area contributed by atoms with E-state index in [1.807, 2.05) is 91.5 Å². The van der Waals surface area contributed by atoms with Crippen molar-refractivity contribution in [2.24, 2.45) is 0 Å². The molecule has 1 fully saturated rings. The van der Waals surface area contributed by atoms with Gasteiger partial charge in [-0.15, -0.1) is 19.6 Å². The molecular weight excluding hydrogens is 1870 g/mol. The summed E-state index contributed by atoms with van der Waals surface area (Å²) in [5.74, 6) is 0. The van der Waals surface area contributed by atoms with E-state index in [1.165, 1.54) is 13.1 Å². The quantitative estimate of drug-likeness (QED) is 0.0132. The molecule has 1 saturated heterocycles. The first-order chi connectivity index (χ1) is 42.8. The zero-order valence-corrected chi connectivity index (χ0v) is 76.5. The van der Waals surface area contributed by atoms with Gasteiger partial charge in [-0.25, -0.2) is 0 Å². The number of hydrogen-bond acceptors (Lipinski definition) is 23. The van der Waals surface area contributed by atoms with Gasteiger partial charge in [-0.2, -0.15) is 0 Å². The minimum Gasteiger partial charge on any atom is -0.362 e. The van der Waals surface area contributed by atoms with Gasteiger partial charge in [0.15, 0.2) is 0 Å². The van der Waals surface area contributed by atoms with Gasteiger partial charge in [0.25, 0.3) is 0 Å². The van der Waals surface area contributed by atoms with Crippen LogP contribution in [0.3, 0.4) is 0 Å². The maximum Gasteiger partial charge on any atom is 0.0995 e. The second kappa shape index (κ2) is 113. The van der Waals surface area contributed by atoms with Crippen LogP contribution in [-0.2, 0) is 86.4 Å². The van der Waals surface area contributed by atoms with Gasteiger partial charge >= 0.3 is 0 Å². The van der Waals surface area contributed by atoms with E-state index in [0.29, 0.717) is 13.3 Å². The Kier molecular flexibility index (Phi) is 151. The summed E-state index contributed by atoms with van der Waals surface area (Å²) in [6.45, 7) is 69.0. The number of likely N-dealkylation sites (N-methyl/N-ethyl adjacent to an activating group) is 16. The minimum atomic E-state index is 0. The van der Waals surface area contributed by atoms with Crippen LogP contribution in [0.15, 0.2) is 12.2 Å². The molecule has 0 atom stereocenters. The fourth-order valence-corrected chi connectivity index (χ4v) is 6.97. The topological polar surface area (TPSA) is 196 Å². The van der Waals surface area contributed by atoms with E-state index in [-0.39, 0.29) is 89.1 Å². The Morgan fingerprint density at radius 3 is 0.851 bits per heavy atom. The molecule has 0 amide bonds. The van der Waals surface area contributed by atoms with Crippen molar-refractivity contribution >= 4 is 0 Å². The Bertz CT molecular complexity index is 1170. The monoisotopic (exact) mass is 2050 g/mol. The second-order valence-corrected chi connectivity index (χ2v) is 22.3. The maximum atomic E-state index is 5.77. The van der Waals surface area contributed by atoms with Gasteiger partial charge in [0, 0.05) is 265 Å². The Morgan fingerprint density at radius 1 is 0.362 bits per heavy atom. The van der Waals surface area contributed by atoms with Crippen LogP contribution in [0.2, 0.25) is 0 Å². The largest absolute Gasteiger partial charge is 0.362 e.